The molecular formula is C16H24N2O2. The summed E-state index contributed by atoms with van der Waals surface area (Å²) in [6.45, 7) is 2.70. The lowest BCUT2D eigenvalue weighted by molar-refractivity contribution is -0.126. The van der Waals surface area contributed by atoms with Crippen LogP contribution in [0.3, 0.4) is 0 Å². The van der Waals surface area contributed by atoms with Crippen molar-refractivity contribution in [3.63, 3.8) is 0 Å². The van der Waals surface area contributed by atoms with Gasteiger partial charge in [-0.1, -0.05) is 38.0 Å². The number of carbonyl (C=O) groups excluding carboxylic acids is 1. The Labute approximate surface area is 120 Å². The first-order chi connectivity index (χ1) is 9.66. The lowest BCUT2D eigenvalue weighted by Gasteiger charge is -2.42. The molecule has 2 rings (SSSR count). The van der Waals surface area contributed by atoms with Gasteiger partial charge in [0.1, 0.15) is 5.75 Å². The summed E-state index contributed by atoms with van der Waals surface area (Å²) in [5.41, 5.74) is 5.67. The van der Waals surface area contributed by atoms with Crippen molar-refractivity contribution in [2.45, 2.75) is 38.1 Å². The molecule has 2 atom stereocenters. The number of nitrogens with two attached hydrogens (primary N) is 1. The van der Waals surface area contributed by atoms with Gasteiger partial charge in [-0.25, -0.2) is 0 Å². The van der Waals surface area contributed by atoms with Gasteiger partial charge >= 0.3 is 0 Å². The van der Waals surface area contributed by atoms with Gasteiger partial charge in [-0.3, -0.25) is 4.79 Å². The average Bonchev–Trinajstić information content (AvgIpc) is 2.49. The third kappa shape index (κ3) is 3.51. The smallest absolute Gasteiger partial charge is 0.258 e. The first kappa shape index (κ1) is 14.9. The van der Waals surface area contributed by atoms with Crippen LogP contribution in [-0.2, 0) is 4.79 Å². The van der Waals surface area contributed by atoms with Gasteiger partial charge in [0.15, 0.2) is 6.61 Å². The van der Waals surface area contributed by atoms with Crippen LogP contribution in [-0.4, -0.2) is 24.6 Å². The lowest BCUT2D eigenvalue weighted by atomic mass is 9.73. The largest absolute Gasteiger partial charge is 0.484 e. The fraction of sp³-hybridized carbons (Fsp3) is 0.562. The monoisotopic (exact) mass is 276 g/mol. The van der Waals surface area contributed by atoms with Crippen LogP contribution in [0.1, 0.15) is 32.6 Å². The van der Waals surface area contributed by atoms with Crippen molar-refractivity contribution in [3.05, 3.63) is 30.3 Å². The highest BCUT2D eigenvalue weighted by Gasteiger charge is 2.38. The van der Waals surface area contributed by atoms with Crippen LogP contribution < -0.4 is 15.8 Å². The van der Waals surface area contributed by atoms with Crippen LogP contribution in [0.5, 0.6) is 5.75 Å². The van der Waals surface area contributed by atoms with Crippen molar-refractivity contribution in [1.29, 1.82) is 0 Å². The second-order valence-electron chi connectivity index (χ2n) is 5.66. The number of rotatable bonds is 5. The Hall–Kier alpha value is -1.55. The molecule has 0 aliphatic heterocycles. The summed E-state index contributed by atoms with van der Waals surface area (Å²) in [6.07, 6.45) is 4.43. The average molecular weight is 276 g/mol. The van der Waals surface area contributed by atoms with Crippen molar-refractivity contribution in [2.24, 2.45) is 11.7 Å². The van der Waals surface area contributed by atoms with E-state index in [0.29, 0.717) is 18.2 Å². The Kier molecular flexibility index (Phi) is 5.01. The topological polar surface area (TPSA) is 64.3 Å². The molecule has 3 N–H and O–H groups in total. The van der Waals surface area contributed by atoms with Gasteiger partial charge in [-0.2, -0.15) is 0 Å². The van der Waals surface area contributed by atoms with Crippen LogP contribution in [0, 0.1) is 5.92 Å². The molecule has 110 valence electrons. The van der Waals surface area contributed by atoms with Gasteiger partial charge in [0.05, 0.1) is 5.54 Å². The number of benzene rings is 1. The molecule has 4 heteroatoms. The Morgan fingerprint density at radius 1 is 1.40 bits per heavy atom. The van der Waals surface area contributed by atoms with E-state index in [0.717, 1.165) is 19.3 Å². The maximum atomic E-state index is 12.1. The van der Waals surface area contributed by atoms with E-state index in [-0.39, 0.29) is 18.1 Å². The summed E-state index contributed by atoms with van der Waals surface area (Å²) in [5, 5.41) is 3.11. The van der Waals surface area contributed by atoms with Gasteiger partial charge < -0.3 is 15.8 Å². The number of nitrogens with one attached hydrogen (secondary N) is 1. The number of carbonyl (C=O) groups is 1. The van der Waals surface area contributed by atoms with E-state index < -0.39 is 0 Å². The first-order valence-corrected chi connectivity index (χ1v) is 7.35. The predicted octanol–water partition coefficient (Wildman–Crippen LogP) is 2.09. The van der Waals surface area contributed by atoms with Gasteiger partial charge in [-0.15, -0.1) is 0 Å². The molecule has 4 nitrogen and oxygen atoms in total. The number of hydrogen-bond acceptors (Lipinski definition) is 3. The minimum Gasteiger partial charge on any atom is -0.484 e. The van der Waals surface area contributed by atoms with Crippen LogP contribution in [0.25, 0.3) is 0 Å². The highest BCUT2D eigenvalue weighted by atomic mass is 16.5. The van der Waals surface area contributed by atoms with E-state index in [9.17, 15) is 4.79 Å². The number of para-hydroxylation sites is 1. The van der Waals surface area contributed by atoms with Crippen LogP contribution >= 0.6 is 0 Å². The van der Waals surface area contributed by atoms with Crippen molar-refractivity contribution in [2.75, 3.05) is 13.2 Å². The standard InChI is InChI=1S/C16H24N2O2/c1-13-7-5-6-10-16(13,12-17)18-15(19)11-20-14-8-3-2-4-9-14/h2-4,8-9,13H,5-7,10-12,17H2,1H3,(H,18,19). The molecule has 2 unspecified atom stereocenters. The quantitative estimate of drug-likeness (QED) is 0.865. The molecule has 0 bridgehead atoms. The van der Waals surface area contributed by atoms with E-state index in [4.69, 9.17) is 10.5 Å². The summed E-state index contributed by atoms with van der Waals surface area (Å²) in [7, 11) is 0. The Balaban J connectivity index is 1.89. The fourth-order valence-corrected chi connectivity index (χ4v) is 2.93. The van der Waals surface area contributed by atoms with Gasteiger partial charge in [0.2, 0.25) is 0 Å². The van der Waals surface area contributed by atoms with Gasteiger partial charge in [0, 0.05) is 6.54 Å². The zero-order valence-electron chi connectivity index (χ0n) is 12.1. The molecule has 1 aliphatic carbocycles. The van der Waals surface area contributed by atoms with Crippen molar-refractivity contribution in [1.82, 2.24) is 5.32 Å². The molecule has 1 amide bonds. The molecule has 0 radical (unpaired) electrons. The molecule has 1 saturated carbocycles. The minimum atomic E-state index is -0.255. The summed E-state index contributed by atoms with van der Waals surface area (Å²) < 4.78 is 5.48. The molecule has 0 aromatic heterocycles. The maximum absolute atomic E-state index is 12.1. The highest BCUT2D eigenvalue weighted by molar-refractivity contribution is 5.78. The Bertz CT molecular complexity index is 435. The first-order valence-electron chi connectivity index (χ1n) is 7.35. The van der Waals surface area contributed by atoms with Crippen molar-refractivity contribution in [3.8, 4) is 5.75 Å². The van der Waals surface area contributed by atoms with Crippen molar-refractivity contribution >= 4 is 5.91 Å². The third-order valence-corrected chi connectivity index (χ3v) is 4.32. The molecule has 20 heavy (non-hydrogen) atoms. The summed E-state index contributed by atoms with van der Waals surface area (Å²) in [5.74, 6) is 1.04. The van der Waals surface area contributed by atoms with E-state index in [1.54, 1.807) is 0 Å². The number of hydrogen-bond donors (Lipinski definition) is 2. The van der Waals surface area contributed by atoms with E-state index in [2.05, 4.69) is 12.2 Å². The van der Waals surface area contributed by atoms with Crippen LogP contribution in [0.4, 0.5) is 0 Å². The number of ether oxygens (including phenoxy) is 1. The molecule has 0 spiro atoms. The SMILES string of the molecule is CC1CCCCC1(CN)NC(=O)COc1ccccc1. The lowest BCUT2D eigenvalue weighted by Crippen LogP contribution is -2.59. The maximum Gasteiger partial charge on any atom is 0.258 e. The molecule has 0 saturated heterocycles. The zero-order valence-corrected chi connectivity index (χ0v) is 12.1. The van der Waals surface area contributed by atoms with Crippen LogP contribution in [0.15, 0.2) is 30.3 Å². The van der Waals surface area contributed by atoms with Crippen LogP contribution in [0.2, 0.25) is 0 Å². The summed E-state index contributed by atoms with van der Waals surface area (Å²) >= 11 is 0. The Morgan fingerprint density at radius 3 is 2.80 bits per heavy atom. The van der Waals surface area contributed by atoms with E-state index >= 15 is 0 Å². The van der Waals surface area contributed by atoms with E-state index in [1.165, 1.54) is 6.42 Å². The molecule has 1 fully saturated rings. The molecule has 1 aromatic rings. The fourth-order valence-electron chi connectivity index (χ4n) is 2.93. The minimum absolute atomic E-state index is 0.0402. The predicted molar refractivity (Wildman–Crippen MR) is 79.5 cm³/mol. The summed E-state index contributed by atoms with van der Waals surface area (Å²) in [4.78, 5) is 12.1. The number of amides is 1. The molecule has 0 heterocycles. The van der Waals surface area contributed by atoms with E-state index in [1.807, 2.05) is 30.3 Å². The third-order valence-electron chi connectivity index (χ3n) is 4.32. The molecule has 1 aliphatic rings. The Morgan fingerprint density at radius 2 is 2.15 bits per heavy atom. The normalized spacial score (nSPS) is 26.0. The zero-order chi connectivity index (χ0) is 14.4. The second-order valence-corrected chi connectivity index (χ2v) is 5.66. The van der Waals surface area contributed by atoms with Crippen molar-refractivity contribution < 1.29 is 9.53 Å². The molecular weight excluding hydrogens is 252 g/mol. The highest BCUT2D eigenvalue weighted by Crippen LogP contribution is 2.32. The second kappa shape index (κ2) is 6.75. The van der Waals surface area contributed by atoms with Gasteiger partial charge in [0.25, 0.3) is 5.91 Å². The van der Waals surface area contributed by atoms with Gasteiger partial charge in [-0.05, 0) is 30.9 Å². The summed E-state index contributed by atoms with van der Waals surface area (Å²) in [6, 6.07) is 9.38. The molecule has 1 aromatic carbocycles.